The maximum atomic E-state index is 8.61. The summed E-state index contributed by atoms with van der Waals surface area (Å²) in [6, 6.07) is 0. The average molecular weight is 149 g/mol. The third-order valence-electron chi connectivity index (χ3n) is 0.849. The standard InChI is InChI=1S/C6H15NO3/c1-6(8)10-5-4-9-3-2-7/h6,8H,2-5,7H2,1H3. The van der Waals surface area contributed by atoms with Gasteiger partial charge in [-0.25, -0.2) is 0 Å². The van der Waals surface area contributed by atoms with E-state index >= 15 is 0 Å². The Morgan fingerprint density at radius 3 is 2.60 bits per heavy atom. The van der Waals surface area contributed by atoms with Gasteiger partial charge >= 0.3 is 0 Å². The number of hydrogen-bond acceptors (Lipinski definition) is 4. The number of aliphatic hydroxyl groups excluding tert-OH is 1. The largest absolute Gasteiger partial charge is 0.378 e. The molecule has 4 nitrogen and oxygen atoms in total. The molecule has 0 aliphatic carbocycles. The van der Waals surface area contributed by atoms with Gasteiger partial charge in [0, 0.05) is 6.54 Å². The molecule has 62 valence electrons. The maximum Gasteiger partial charge on any atom is 0.151 e. The number of rotatable bonds is 6. The highest BCUT2D eigenvalue weighted by Crippen LogP contribution is 1.83. The number of nitrogens with two attached hydrogens (primary N) is 1. The first-order chi connectivity index (χ1) is 4.77. The van der Waals surface area contributed by atoms with Crippen LogP contribution >= 0.6 is 0 Å². The fraction of sp³-hybridized carbons (Fsp3) is 1.00. The molecule has 0 aliphatic rings. The maximum absolute atomic E-state index is 8.61. The monoisotopic (exact) mass is 149 g/mol. The first-order valence-electron chi connectivity index (χ1n) is 3.35. The molecule has 4 heteroatoms. The van der Waals surface area contributed by atoms with Crippen molar-refractivity contribution in [3.05, 3.63) is 0 Å². The van der Waals surface area contributed by atoms with Gasteiger partial charge in [0.05, 0.1) is 19.8 Å². The van der Waals surface area contributed by atoms with Gasteiger partial charge in [-0.15, -0.1) is 0 Å². The van der Waals surface area contributed by atoms with Crippen molar-refractivity contribution >= 4 is 0 Å². The summed E-state index contributed by atoms with van der Waals surface area (Å²) in [6.07, 6.45) is -0.707. The summed E-state index contributed by atoms with van der Waals surface area (Å²) >= 11 is 0. The van der Waals surface area contributed by atoms with E-state index in [1.54, 1.807) is 6.92 Å². The molecule has 0 bridgehead atoms. The van der Waals surface area contributed by atoms with Gasteiger partial charge in [0.1, 0.15) is 0 Å². The Morgan fingerprint density at radius 1 is 1.40 bits per heavy atom. The van der Waals surface area contributed by atoms with Gasteiger partial charge < -0.3 is 20.3 Å². The minimum atomic E-state index is -0.707. The van der Waals surface area contributed by atoms with Crippen LogP contribution in [0.25, 0.3) is 0 Å². The lowest BCUT2D eigenvalue weighted by molar-refractivity contribution is -0.0989. The highest BCUT2D eigenvalue weighted by Gasteiger charge is 1.92. The van der Waals surface area contributed by atoms with Crippen molar-refractivity contribution in [3.63, 3.8) is 0 Å². The zero-order valence-corrected chi connectivity index (χ0v) is 6.25. The lowest BCUT2D eigenvalue weighted by Crippen LogP contribution is -2.15. The van der Waals surface area contributed by atoms with E-state index in [-0.39, 0.29) is 0 Å². The summed E-state index contributed by atoms with van der Waals surface area (Å²) in [5.41, 5.74) is 5.16. The van der Waals surface area contributed by atoms with Crippen LogP contribution in [-0.4, -0.2) is 37.8 Å². The van der Waals surface area contributed by atoms with Crippen LogP contribution in [0.1, 0.15) is 6.92 Å². The van der Waals surface area contributed by atoms with Gasteiger partial charge in [0.25, 0.3) is 0 Å². The van der Waals surface area contributed by atoms with Crippen molar-refractivity contribution in [2.24, 2.45) is 5.73 Å². The lowest BCUT2D eigenvalue weighted by Gasteiger charge is -2.05. The molecule has 0 amide bonds. The fourth-order valence-electron chi connectivity index (χ4n) is 0.463. The third kappa shape index (κ3) is 7.84. The van der Waals surface area contributed by atoms with Crippen molar-refractivity contribution in [1.82, 2.24) is 0 Å². The first kappa shape index (κ1) is 9.84. The van der Waals surface area contributed by atoms with Crippen molar-refractivity contribution < 1.29 is 14.6 Å². The minimum absolute atomic E-state index is 0.414. The Morgan fingerprint density at radius 2 is 2.10 bits per heavy atom. The molecule has 1 unspecified atom stereocenters. The van der Waals surface area contributed by atoms with Gasteiger partial charge in [-0.3, -0.25) is 0 Å². The molecule has 0 fully saturated rings. The van der Waals surface area contributed by atoms with Crippen LogP contribution in [0, 0.1) is 0 Å². The van der Waals surface area contributed by atoms with Crippen molar-refractivity contribution in [2.45, 2.75) is 13.2 Å². The Hall–Kier alpha value is -0.160. The molecule has 0 aromatic rings. The molecule has 0 heterocycles. The van der Waals surface area contributed by atoms with Crippen LogP contribution in [0.5, 0.6) is 0 Å². The van der Waals surface area contributed by atoms with Crippen molar-refractivity contribution in [2.75, 3.05) is 26.4 Å². The van der Waals surface area contributed by atoms with E-state index in [9.17, 15) is 0 Å². The van der Waals surface area contributed by atoms with Gasteiger partial charge in [0.15, 0.2) is 6.29 Å². The molecule has 0 rings (SSSR count). The third-order valence-corrected chi connectivity index (χ3v) is 0.849. The van der Waals surface area contributed by atoms with E-state index < -0.39 is 6.29 Å². The summed E-state index contributed by atoms with van der Waals surface area (Å²) in [4.78, 5) is 0. The topological polar surface area (TPSA) is 64.7 Å². The van der Waals surface area contributed by atoms with Crippen LogP contribution in [0.4, 0.5) is 0 Å². The van der Waals surface area contributed by atoms with Gasteiger partial charge in [0.2, 0.25) is 0 Å². The Balaban J connectivity index is 2.77. The number of hydrogen-bond donors (Lipinski definition) is 2. The molecule has 3 N–H and O–H groups in total. The molecule has 0 aromatic carbocycles. The number of aliphatic hydroxyl groups is 1. The van der Waals surface area contributed by atoms with Crippen LogP contribution in [0.3, 0.4) is 0 Å². The van der Waals surface area contributed by atoms with Crippen LogP contribution in [-0.2, 0) is 9.47 Å². The molecule has 0 radical (unpaired) electrons. The molecule has 0 aliphatic heterocycles. The summed E-state index contributed by atoms with van der Waals surface area (Å²) < 4.78 is 9.75. The molecule has 0 spiro atoms. The molecule has 0 saturated carbocycles. The quantitative estimate of drug-likeness (QED) is 0.388. The average Bonchev–Trinajstić information content (AvgIpc) is 1.87. The molecular formula is C6H15NO3. The van der Waals surface area contributed by atoms with E-state index in [2.05, 4.69) is 0 Å². The molecular weight excluding hydrogens is 134 g/mol. The van der Waals surface area contributed by atoms with Crippen molar-refractivity contribution in [3.8, 4) is 0 Å². The van der Waals surface area contributed by atoms with Crippen LogP contribution in [0.15, 0.2) is 0 Å². The zero-order chi connectivity index (χ0) is 7.82. The SMILES string of the molecule is CC(O)OCCOCCN. The second-order valence-corrected chi connectivity index (χ2v) is 1.87. The summed E-state index contributed by atoms with van der Waals surface area (Å²) in [5, 5.41) is 8.61. The van der Waals surface area contributed by atoms with Crippen LogP contribution in [0.2, 0.25) is 0 Å². The lowest BCUT2D eigenvalue weighted by atomic mass is 10.7. The Kier molecular flexibility index (Phi) is 6.84. The molecule has 0 aromatic heterocycles. The van der Waals surface area contributed by atoms with E-state index in [4.69, 9.17) is 20.3 Å². The van der Waals surface area contributed by atoms with E-state index in [1.807, 2.05) is 0 Å². The highest BCUT2D eigenvalue weighted by atomic mass is 16.6. The molecule has 1 atom stereocenters. The predicted molar refractivity (Wildman–Crippen MR) is 37.5 cm³/mol. The smallest absolute Gasteiger partial charge is 0.151 e. The van der Waals surface area contributed by atoms with E-state index in [1.165, 1.54) is 0 Å². The first-order valence-corrected chi connectivity index (χ1v) is 3.35. The minimum Gasteiger partial charge on any atom is -0.378 e. The Bertz CT molecular complexity index is 68.0. The summed E-state index contributed by atoms with van der Waals surface area (Å²) in [5.74, 6) is 0. The van der Waals surface area contributed by atoms with Crippen LogP contribution < -0.4 is 5.73 Å². The normalized spacial score (nSPS) is 13.5. The van der Waals surface area contributed by atoms with Gasteiger partial charge in [-0.05, 0) is 6.92 Å². The highest BCUT2D eigenvalue weighted by molar-refractivity contribution is 4.32. The Labute approximate surface area is 60.9 Å². The van der Waals surface area contributed by atoms with E-state index in [0.29, 0.717) is 26.4 Å². The summed E-state index contributed by atoms with van der Waals surface area (Å²) in [7, 11) is 0. The van der Waals surface area contributed by atoms with Crippen molar-refractivity contribution in [1.29, 1.82) is 0 Å². The van der Waals surface area contributed by atoms with Gasteiger partial charge in [-0.1, -0.05) is 0 Å². The number of ether oxygens (including phenoxy) is 2. The second kappa shape index (κ2) is 6.95. The van der Waals surface area contributed by atoms with E-state index in [0.717, 1.165) is 0 Å². The second-order valence-electron chi connectivity index (χ2n) is 1.87. The molecule has 0 saturated heterocycles. The molecule has 10 heavy (non-hydrogen) atoms. The zero-order valence-electron chi connectivity index (χ0n) is 6.25. The van der Waals surface area contributed by atoms with Gasteiger partial charge in [-0.2, -0.15) is 0 Å². The predicted octanol–water partition coefficient (Wildman–Crippen LogP) is -0.683. The summed E-state index contributed by atoms with van der Waals surface area (Å²) in [6.45, 7) is 3.53. The fourth-order valence-corrected chi connectivity index (χ4v) is 0.463.